The lowest BCUT2D eigenvalue weighted by Crippen LogP contribution is -2.04. The molecule has 0 heterocycles. The van der Waals surface area contributed by atoms with Gasteiger partial charge in [-0.05, 0) is 30.2 Å². The first-order valence-corrected chi connectivity index (χ1v) is 7.07. The lowest BCUT2D eigenvalue weighted by Gasteiger charge is -2.09. The lowest BCUT2D eigenvalue weighted by atomic mass is 10.1. The van der Waals surface area contributed by atoms with E-state index in [9.17, 15) is 13.2 Å². The molecule has 7 heteroatoms. The van der Waals surface area contributed by atoms with Crippen molar-refractivity contribution in [1.82, 2.24) is 0 Å². The third kappa shape index (κ3) is 2.51. The van der Waals surface area contributed by atoms with Crippen LogP contribution >= 0.6 is 34.8 Å². The Labute approximate surface area is 108 Å². The molecule has 0 aliphatic rings. The van der Waals surface area contributed by atoms with E-state index in [0.717, 1.165) is 12.3 Å². The van der Waals surface area contributed by atoms with Crippen molar-refractivity contribution in [2.75, 3.05) is 6.26 Å². The van der Waals surface area contributed by atoms with Crippen LogP contribution in [0.15, 0.2) is 11.0 Å². The highest BCUT2D eigenvalue weighted by atomic mass is 35.5. The SMILES string of the molecule is Cc1c(C(=O)Cl)cc(S(C)(=O)=O)c(Cl)c1Cl. The Hall–Kier alpha value is -0.290. The van der Waals surface area contributed by atoms with E-state index < -0.39 is 15.1 Å². The lowest BCUT2D eigenvalue weighted by molar-refractivity contribution is 0.108. The predicted octanol–water partition coefficient (Wildman–Crippen LogP) is 3.08. The van der Waals surface area contributed by atoms with E-state index in [0.29, 0.717) is 5.56 Å². The van der Waals surface area contributed by atoms with E-state index in [4.69, 9.17) is 34.8 Å². The summed E-state index contributed by atoms with van der Waals surface area (Å²) in [7, 11) is -3.56. The summed E-state index contributed by atoms with van der Waals surface area (Å²) in [6.07, 6.45) is 0.975. The van der Waals surface area contributed by atoms with Gasteiger partial charge in [0, 0.05) is 11.8 Å². The molecule has 1 rings (SSSR count). The van der Waals surface area contributed by atoms with E-state index >= 15 is 0 Å². The molecule has 0 saturated carbocycles. The molecule has 3 nitrogen and oxygen atoms in total. The van der Waals surface area contributed by atoms with Gasteiger partial charge in [-0.3, -0.25) is 4.79 Å². The van der Waals surface area contributed by atoms with Crippen LogP contribution in [-0.2, 0) is 9.84 Å². The van der Waals surface area contributed by atoms with Gasteiger partial charge >= 0.3 is 0 Å². The second-order valence-corrected chi connectivity index (χ2v) is 6.30. The first kappa shape index (κ1) is 13.8. The third-order valence-electron chi connectivity index (χ3n) is 2.03. The van der Waals surface area contributed by atoms with Crippen molar-refractivity contribution in [3.05, 3.63) is 27.2 Å². The highest BCUT2D eigenvalue weighted by Crippen LogP contribution is 2.34. The van der Waals surface area contributed by atoms with Crippen molar-refractivity contribution in [3.63, 3.8) is 0 Å². The van der Waals surface area contributed by atoms with Gasteiger partial charge in [-0.15, -0.1) is 0 Å². The van der Waals surface area contributed by atoms with Gasteiger partial charge in [0.25, 0.3) is 5.24 Å². The fourth-order valence-electron chi connectivity index (χ4n) is 1.17. The van der Waals surface area contributed by atoms with Crippen LogP contribution in [-0.4, -0.2) is 19.9 Å². The summed E-state index contributed by atoms with van der Waals surface area (Å²) in [6, 6.07) is 1.13. The zero-order valence-electron chi connectivity index (χ0n) is 8.34. The molecule has 0 aliphatic heterocycles. The van der Waals surface area contributed by atoms with Crippen LogP contribution in [0.2, 0.25) is 10.0 Å². The average Bonchev–Trinajstić information content (AvgIpc) is 2.11. The van der Waals surface area contributed by atoms with Gasteiger partial charge < -0.3 is 0 Å². The molecule has 0 saturated heterocycles. The molecular formula is C9H7Cl3O3S. The van der Waals surface area contributed by atoms with Gasteiger partial charge in [-0.1, -0.05) is 23.2 Å². The number of carbonyl (C=O) groups excluding carboxylic acids is 1. The van der Waals surface area contributed by atoms with Crippen molar-refractivity contribution in [2.24, 2.45) is 0 Å². The van der Waals surface area contributed by atoms with E-state index in [2.05, 4.69) is 0 Å². The summed E-state index contributed by atoms with van der Waals surface area (Å²) < 4.78 is 22.8. The van der Waals surface area contributed by atoms with Crippen molar-refractivity contribution in [3.8, 4) is 0 Å². The van der Waals surface area contributed by atoms with Crippen LogP contribution < -0.4 is 0 Å². The Bertz CT molecular complexity index is 564. The van der Waals surface area contributed by atoms with Crippen molar-refractivity contribution >= 4 is 49.9 Å². The Balaban J connectivity index is 3.74. The minimum Gasteiger partial charge on any atom is -0.276 e. The second kappa shape index (κ2) is 4.53. The molecule has 0 atom stereocenters. The molecular weight excluding hydrogens is 295 g/mol. The molecule has 0 unspecified atom stereocenters. The van der Waals surface area contributed by atoms with E-state index in [-0.39, 0.29) is 20.5 Å². The maximum atomic E-state index is 11.4. The fraction of sp³-hybridized carbons (Fsp3) is 0.222. The highest BCUT2D eigenvalue weighted by molar-refractivity contribution is 7.90. The van der Waals surface area contributed by atoms with E-state index in [1.54, 1.807) is 0 Å². The summed E-state index contributed by atoms with van der Waals surface area (Å²) in [6.45, 7) is 1.54. The highest BCUT2D eigenvalue weighted by Gasteiger charge is 2.21. The third-order valence-corrected chi connectivity index (χ3v) is 4.43. The van der Waals surface area contributed by atoms with Gasteiger partial charge in [0.05, 0.1) is 14.9 Å². The summed E-state index contributed by atoms with van der Waals surface area (Å²) in [5, 5.41) is -0.849. The fourth-order valence-corrected chi connectivity index (χ4v) is 3.00. The molecule has 0 N–H and O–H groups in total. The number of hydrogen-bond acceptors (Lipinski definition) is 3. The van der Waals surface area contributed by atoms with Gasteiger partial charge in [0.2, 0.25) is 0 Å². The first-order valence-electron chi connectivity index (χ1n) is 4.04. The molecule has 0 radical (unpaired) electrons. The normalized spacial score (nSPS) is 11.6. The van der Waals surface area contributed by atoms with Gasteiger partial charge in [0.1, 0.15) is 0 Å². The van der Waals surface area contributed by atoms with Gasteiger partial charge in [-0.25, -0.2) is 8.42 Å². The minimum absolute atomic E-state index is 0.0218. The molecule has 0 aliphatic carbocycles. The molecule has 16 heavy (non-hydrogen) atoms. The molecule has 88 valence electrons. The Morgan fingerprint density at radius 3 is 2.12 bits per heavy atom. The quantitative estimate of drug-likeness (QED) is 0.789. The Morgan fingerprint density at radius 2 is 1.75 bits per heavy atom. The van der Waals surface area contributed by atoms with Gasteiger partial charge in [-0.2, -0.15) is 0 Å². The molecule has 0 aromatic heterocycles. The molecule has 1 aromatic rings. The Kier molecular flexibility index (Phi) is 3.90. The molecule has 0 fully saturated rings. The number of rotatable bonds is 2. The first-order chi connectivity index (χ1) is 7.16. The summed E-state index contributed by atoms with van der Waals surface area (Å²) in [5.74, 6) is 0. The second-order valence-electron chi connectivity index (χ2n) is 3.22. The monoisotopic (exact) mass is 300 g/mol. The molecule has 0 bridgehead atoms. The number of sulfone groups is 1. The zero-order valence-corrected chi connectivity index (χ0v) is 11.4. The number of benzene rings is 1. The van der Waals surface area contributed by atoms with Crippen LogP contribution in [0.5, 0.6) is 0 Å². The van der Waals surface area contributed by atoms with E-state index in [1.807, 2.05) is 0 Å². The number of halogens is 3. The summed E-state index contributed by atoms with van der Waals surface area (Å²) in [5.41, 5.74) is 0.399. The zero-order chi connectivity index (χ0) is 12.7. The molecule has 1 aromatic carbocycles. The van der Waals surface area contributed by atoms with Crippen molar-refractivity contribution in [2.45, 2.75) is 11.8 Å². The van der Waals surface area contributed by atoms with E-state index in [1.165, 1.54) is 6.92 Å². The van der Waals surface area contributed by atoms with Crippen LogP contribution in [0.4, 0.5) is 0 Å². The molecule has 0 spiro atoms. The van der Waals surface area contributed by atoms with Gasteiger partial charge in [0.15, 0.2) is 9.84 Å². The maximum absolute atomic E-state index is 11.4. The molecule has 0 amide bonds. The largest absolute Gasteiger partial charge is 0.276 e. The number of carbonyl (C=O) groups is 1. The average molecular weight is 302 g/mol. The topological polar surface area (TPSA) is 51.2 Å². The smallest absolute Gasteiger partial charge is 0.252 e. The van der Waals surface area contributed by atoms with Crippen LogP contribution in [0.25, 0.3) is 0 Å². The van der Waals surface area contributed by atoms with Crippen LogP contribution in [0, 0.1) is 6.92 Å². The predicted molar refractivity (Wildman–Crippen MR) is 64.5 cm³/mol. The summed E-state index contributed by atoms with van der Waals surface area (Å²) in [4.78, 5) is 10.9. The minimum atomic E-state index is -3.56. The summed E-state index contributed by atoms with van der Waals surface area (Å²) >= 11 is 16.9. The number of hydrogen-bond donors (Lipinski definition) is 0. The standard InChI is InChI=1S/C9H7Cl3O3S/c1-4-5(9(12)13)3-6(16(2,14)15)8(11)7(4)10/h3H,1-2H3. The van der Waals surface area contributed by atoms with Crippen LogP contribution in [0.1, 0.15) is 15.9 Å². The van der Waals surface area contributed by atoms with Crippen molar-refractivity contribution in [1.29, 1.82) is 0 Å². The Morgan fingerprint density at radius 1 is 1.25 bits per heavy atom. The van der Waals surface area contributed by atoms with Crippen molar-refractivity contribution < 1.29 is 13.2 Å². The van der Waals surface area contributed by atoms with Crippen LogP contribution in [0.3, 0.4) is 0 Å². The maximum Gasteiger partial charge on any atom is 0.252 e.